The molecule has 0 atom stereocenters. The molecule has 1 aliphatic carbocycles. The van der Waals surface area contributed by atoms with Crippen LogP contribution in [-0.2, 0) is 14.8 Å². The Kier molecular flexibility index (Phi) is 3.74. The molecule has 9 heteroatoms. The van der Waals surface area contributed by atoms with E-state index in [1.54, 1.807) is 0 Å². The van der Waals surface area contributed by atoms with Gasteiger partial charge >= 0.3 is 0 Å². The lowest BCUT2D eigenvalue weighted by Crippen LogP contribution is -2.63. The fourth-order valence-electron chi connectivity index (χ4n) is 4.94. The number of rotatable bonds is 2. The second-order valence-corrected chi connectivity index (χ2v) is 10.8. The number of azo groups is 1. The summed E-state index contributed by atoms with van der Waals surface area (Å²) in [6, 6.07) is 5.35. The van der Waals surface area contributed by atoms with Crippen molar-refractivity contribution in [2.45, 2.75) is 31.6 Å². The average molecular weight is 416 g/mol. The van der Waals surface area contributed by atoms with Gasteiger partial charge in [0.1, 0.15) is 10.7 Å². The van der Waals surface area contributed by atoms with Crippen molar-refractivity contribution in [3.63, 3.8) is 0 Å². The number of halogens is 1. The van der Waals surface area contributed by atoms with E-state index in [-0.39, 0.29) is 29.2 Å². The molecule has 0 aromatic heterocycles. The molecule has 1 spiro atoms. The zero-order valence-corrected chi connectivity index (χ0v) is 17.0. The van der Waals surface area contributed by atoms with Gasteiger partial charge in [0.25, 0.3) is 0 Å². The summed E-state index contributed by atoms with van der Waals surface area (Å²) >= 11 is 0. The molecule has 3 heterocycles. The third-order valence-corrected chi connectivity index (χ3v) is 8.06. The summed E-state index contributed by atoms with van der Waals surface area (Å²) in [5.41, 5.74) is 1.41. The number of allylic oxidation sites excluding steroid dienone is 1. The number of nitrogens with one attached hydrogen (secondary N) is 1. The first-order chi connectivity index (χ1) is 13.6. The minimum Gasteiger partial charge on any atom is -0.342 e. The third-order valence-electron chi connectivity index (χ3n) is 6.23. The highest BCUT2D eigenvalue weighted by Gasteiger charge is 2.59. The van der Waals surface area contributed by atoms with Gasteiger partial charge in [0, 0.05) is 36.4 Å². The van der Waals surface area contributed by atoms with Crippen LogP contribution in [0.25, 0.3) is 0 Å². The van der Waals surface area contributed by atoms with Crippen molar-refractivity contribution in [1.82, 2.24) is 9.62 Å². The first-order valence-corrected chi connectivity index (χ1v) is 11.0. The van der Waals surface area contributed by atoms with Gasteiger partial charge in [-0.3, -0.25) is 4.79 Å². The second-order valence-electron chi connectivity index (χ2n) is 8.93. The maximum atomic E-state index is 14.2. The number of carbonyl (C=O) groups excluding carboxylic acids is 1. The summed E-state index contributed by atoms with van der Waals surface area (Å²) in [6.07, 6.45) is 1.09. The van der Waals surface area contributed by atoms with Crippen LogP contribution in [0, 0.1) is 16.6 Å². The van der Waals surface area contributed by atoms with Crippen molar-refractivity contribution in [3.8, 4) is 0 Å². The average Bonchev–Trinajstić information content (AvgIpc) is 3.05. The number of sulfonamides is 1. The highest BCUT2D eigenvalue weighted by Crippen LogP contribution is 2.55. The van der Waals surface area contributed by atoms with Gasteiger partial charge in [0.2, 0.25) is 10.0 Å². The molecule has 4 aliphatic rings. The van der Waals surface area contributed by atoms with Gasteiger partial charge < -0.3 is 5.32 Å². The van der Waals surface area contributed by atoms with Crippen LogP contribution in [0.5, 0.6) is 0 Å². The van der Waals surface area contributed by atoms with Crippen LogP contribution in [0.1, 0.15) is 26.7 Å². The monoisotopic (exact) mass is 416 g/mol. The van der Waals surface area contributed by atoms with Gasteiger partial charge in [0.15, 0.2) is 11.6 Å². The molecule has 152 valence electrons. The number of fused-ring (bicyclic) bond motifs is 2. The Hall–Kier alpha value is -2.39. The Balaban J connectivity index is 1.55. The molecule has 1 fully saturated rings. The number of nitrogens with zero attached hydrogens (tertiary/aromatic N) is 3. The third kappa shape index (κ3) is 2.56. The second kappa shape index (κ2) is 5.82. The fraction of sp³-hybridized carbons (Fsp3) is 0.450. The van der Waals surface area contributed by atoms with Gasteiger partial charge in [0.05, 0.1) is 12.0 Å². The van der Waals surface area contributed by atoms with Crippen LogP contribution in [0.2, 0.25) is 0 Å². The van der Waals surface area contributed by atoms with Crippen molar-refractivity contribution in [3.05, 3.63) is 52.7 Å². The van der Waals surface area contributed by atoms with E-state index in [9.17, 15) is 17.6 Å². The van der Waals surface area contributed by atoms with Gasteiger partial charge in [-0.2, -0.15) is 9.42 Å². The summed E-state index contributed by atoms with van der Waals surface area (Å²) in [5.74, 6) is -0.123. The molecule has 5 rings (SSSR count). The number of carbonyl (C=O) groups is 1. The quantitative estimate of drug-likeness (QED) is 0.803. The van der Waals surface area contributed by atoms with Crippen LogP contribution >= 0.6 is 0 Å². The smallest absolute Gasteiger partial charge is 0.246 e. The van der Waals surface area contributed by atoms with Gasteiger partial charge in [-0.15, -0.1) is 5.11 Å². The Labute approximate surface area is 168 Å². The molecule has 1 saturated heterocycles. The van der Waals surface area contributed by atoms with E-state index >= 15 is 0 Å². The number of hydrogen-bond acceptors (Lipinski definition) is 6. The SMILES string of the molecule is CC1(C)CC(=O)C2=C(C1)NC1=C(CN=N1)C21CN(S(=O)(=O)c2ccccc2F)C1. The maximum Gasteiger partial charge on any atom is 0.246 e. The summed E-state index contributed by atoms with van der Waals surface area (Å²) in [6.45, 7) is 4.61. The summed E-state index contributed by atoms with van der Waals surface area (Å²) in [4.78, 5) is 12.8. The number of dihydropyridines is 1. The lowest BCUT2D eigenvalue weighted by Gasteiger charge is -2.54. The van der Waals surface area contributed by atoms with Gasteiger partial charge in [-0.05, 0) is 24.0 Å². The van der Waals surface area contributed by atoms with E-state index in [4.69, 9.17) is 0 Å². The molecule has 0 radical (unpaired) electrons. The number of hydrogen-bond donors (Lipinski definition) is 1. The fourth-order valence-corrected chi connectivity index (χ4v) is 6.56. The molecular weight excluding hydrogens is 395 g/mol. The predicted molar refractivity (Wildman–Crippen MR) is 103 cm³/mol. The van der Waals surface area contributed by atoms with Crippen LogP contribution in [0.3, 0.4) is 0 Å². The molecule has 29 heavy (non-hydrogen) atoms. The molecule has 7 nitrogen and oxygen atoms in total. The Morgan fingerprint density at radius 2 is 1.90 bits per heavy atom. The Bertz CT molecular complexity index is 1140. The minimum absolute atomic E-state index is 0.0325. The maximum absolute atomic E-state index is 14.2. The molecule has 3 aliphatic heterocycles. The van der Waals surface area contributed by atoms with Crippen molar-refractivity contribution in [2.24, 2.45) is 21.1 Å². The van der Waals surface area contributed by atoms with Crippen molar-refractivity contribution >= 4 is 15.8 Å². The predicted octanol–water partition coefficient (Wildman–Crippen LogP) is 2.74. The number of Topliss-reactive ketones (excluding diaryl/α,β-unsaturated/α-hetero) is 1. The molecular formula is C20H21FN4O3S. The van der Waals surface area contributed by atoms with Crippen molar-refractivity contribution < 1.29 is 17.6 Å². The topological polar surface area (TPSA) is 91.2 Å². The first-order valence-electron chi connectivity index (χ1n) is 9.54. The lowest BCUT2D eigenvalue weighted by molar-refractivity contribution is -0.120. The van der Waals surface area contributed by atoms with E-state index < -0.39 is 21.3 Å². The van der Waals surface area contributed by atoms with Gasteiger partial charge in [-0.1, -0.05) is 26.0 Å². The van der Waals surface area contributed by atoms with E-state index in [1.165, 1.54) is 22.5 Å². The molecule has 1 N–H and O–H groups in total. The zero-order valence-electron chi connectivity index (χ0n) is 16.2. The summed E-state index contributed by atoms with van der Waals surface area (Å²) < 4.78 is 41.4. The van der Waals surface area contributed by atoms with E-state index in [0.29, 0.717) is 30.8 Å². The zero-order chi connectivity index (χ0) is 20.6. The summed E-state index contributed by atoms with van der Waals surface area (Å²) in [7, 11) is -3.99. The highest BCUT2D eigenvalue weighted by molar-refractivity contribution is 7.89. The lowest BCUT2D eigenvalue weighted by atomic mass is 9.60. The van der Waals surface area contributed by atoms with E-state index in [2.05, 4.69) is 15.5 Å². The molecule has 0 saturated carbocycles. The molecule has 1 aromatic rings. The molecule has 0 unspecified atom stereocenters. The standard InChI is InChI=1S/C20H21FN4O3S/c1-19(2)7-14-17(15(26)8-19)20(12-9-22-24-18(12)23-14)10-25(11-20)29(27,28)16-6-4-3-5-13(16)21/h3-6,23H,7-11H2,1-2H3. The van der Waals surface area contributed by atoms with Crippen molar-refractivity contribution in [1.29, 1.82) is 0 Å². The minimum atomic E-state index is -3.99. The Morgan fingerprint density at radius 3 is 2.62 bits per heavy atom. The van der Waals surface area contributed by atoms with Crippen LogP contribution in [-0.4, -0.2) is 38.1 Å². The first kappa shape index (κ1) is 18.6. The Morgan fingerprint density at radius 1 is 1.17 bits per heavy atom. The van der Waals surface area contributed by atoms with E-state index in [1.807, 2.05) is 13.8 Å². The normalized spacial score (nSPS) is 25.0. The summed E-state index contributed by atoms with van der Waals surface area (Å²) in [5, 5.41) is 11.6. The van der Waals surface area contributed by atoms with Crippen molar-refractivity contribution in [2.75, 3.05) is 19.6 Å². The van der Waals surface area contributed by atoms with E-state index in [0.717, 1.165) is 17.3 Å². The van der Waals surface area contributed by atoms with Crippen LogP contribution in [0.15, 0.2) is 62.1 Å². The molecule has 0 bridgehead atoms. The number of ketones is 1. The van der Waals surface area contributed by atoms with Crippen LogP contribution in [0.4, 0.5) is 4.39 Å². The van der Waals surface area contributed by atoms with Crippen LogP contribution < -0.4 is 5.32 Å². The number of benzene rings is 1. The molecule has 1 aromatic carbocycles. The molecule has 0 amide bonds. The highest BCUT2D eigenvalue weighted by atomic mass is 32.2. The largest absolute Gasteiger partial charge is 0.342 e. The van der Waals surface area contributed by atoms with Gasteiger partial charge in [-0.25, -0.2) is 12.8 Å².